The molecule has 3 rings (SSSR count). The third-order valence-corrected chi connectivity index (χ3v) is 7.13. The van der Waals surface area contributed by atoms with Gasteiger partial charge < -0.3 is 9.64 Å². The monoisotopic (exact) mass is 371 g/mol. The van der Waals surface area contributed by atoms with Crippen molar-refractivity contribution >= 4 is 11.9 Å². The van der Waals surface area contributed by atoms with Crippen LogP contribution in [0.15, 0.2) is 18.2 Å². The van der Waals surface area contributed by atoms with Gasteiger partial charge in [-0.3, -0.25) is 9.59 Å². The van der Waals surface area contributed by atoms with Crippen LogP contribution in [-0.4, -0.2) is 29.9 Å². The second-order valence-corrected chi connectivity index (χ2v) is 8.67. The van der Waals surface area contributed by atoms with Gasteiger partial charge in [-0.2, -0.15) is 0 Å². The molecule has 0 radical (unpaired) electrons. The van der Waals surface area contributed by atoms with Crippen molar-refractivity contribution in [1.82, 2.24) is 4.90 Å². The summed E-state index contributed by atoms with van der Waals surface area (Å²) in [5, 5.41) is 0. The highest BCUT2D eigenvalue weighted by Crippen LogP contribution is 2.58. The van der Waals surface area contributed by atoms with E-state index < -0.39 is 0 Å². The average molecular weight is 372 g/mol. The lowest BCUT2D eigenvalue weighted by Crippen LogP contribution is -2.56. The third-order valence-electron chi connectivity index (χ3n) is 7.13. The molecule has 148 valence electrons. The Morgan fingerprint density at radius 2 is 1.89 bits per heavy atom. The van der Waals surface area contributed by atoms with Crippen LogP contribution in [-0.2, 0) is 21.4 Å². The number of hydrogen-bond donors (Lipinski definition) is 0. The molecule has 27 heavy (non-hydrogen) atoms. The summed E-state index contributed by atoms with van der Waals surface area (Å²) in [6.07, 6.45) is 5.11. The van der Waals surface area contributed by atoms with E-state index in [1.54, 1.807) is 0 Å². The first kappa shape index (κ1) is 19.9. The van der Waals surface area contributed by atoms with Crippen molar-refractivity contribution in [3.8, 4) is 5.75 Å². The lowest BCUT2D eigenvalue weighted by Gasteiger charge is -2.55. The molecule has 1 saturated carbocycles. The number of ether oxygens (including phenoxy) is 1. The van der Waals surface area contributed by atoms with Gasteiger partial charge in [0.05, 0.1) is 5.41 Å². The molecule has 2 aliphatic rings. The Balaban J connectivity index is 2.02. The number of carbonyl (C=O) groups is 2. The van der Waals surface area contributed by atoms with E-state index in [0.717, 1.165) is 45.2 Å². The molecule has 4 nitrogen and oxygen atoms in total. The van der Waals surface area contributed by atoms with Crippen LogP contribution in [0.2, 0.25) is 0 Å². The first-order chi connectivity index (χ1) is 12.8. The summed E-state index contributed by atoms with van der Waals surface area (Å²) in [6, 6.07) is 6.05. The van der Waals surface area contributed by atoms with E-state index in [9.17, 15) is 9.59 Å². The SMILES string of the molecule is CCN(CC)C(=O)[C@]1(C)CCC[C@]2(C)c3cc(OC(C)=O)ccc3CC[C@H]12. The normalized spacial score (nSPS) is 29.4. The van der Waals surface area contributed by atoms with Crippen molar-refractivity contribution in [2.24, 2.45) is 11.3 Å². The number of esters is 1. The van der Waals surface area contributed by atoms with Crippen LogP contribution >= 0.6 is 0 Å². The summed E-state index contributed by atoms with van der Waals surface area (Å²) in [6.45, 7) is 11.6. The number of benzene rings is 1. The number of hydrogen-bond acceptors (Lipinski definition) is 3. The maximum atomic E-state index is 13.5. The Kier molecular flexibility index (Phi) is 5.38. The molecule has 1 aromatic rings. The fourth-order valence-electron chi connectivity index (χ4n) is 5.80. The van der Waals surface area contributed by atoms with Crippen molar-refractivity contribution in [1.29, 1.82) is 0 Å². The van der Waals surface area contributed by atoms with Crippen molar-refractivity contribution in [2.75, 3.05) is 13.1 Å². The minimum absolute atomic E-state index is 0.0560. The van der Waals surface area contributed by atoms with Crippen LogP contribution in [0.5, 0.6) is 5.75 Å². The zero-order chi connectivity index (χ0) is 19.8. The number of amides is 1. The second kappa shape index (κ2) is 7.29. The maximum absolute atomic E-state index is 13.5. The van der Waals surface area contributed by atoms with Gasteiger partial charge in [0.1, 0.15) is 5.75 Å². The average Bonchev–Trinajstić information content (AvgIpc) is 2.62. The van der Waals surface area contributed by atoms with Gasteiger partial charge in [0.2, 0.25) is 5.91 Å². The number of fused-ring (bicyclic) bond motifs is 3. The van der Waals surface area contributed by atoms with Gasteiger partial charge in [0.15, 0.2) is 0 Å². The predicted molar refractivity (Wildman–Crippen MR) is 107 cm³/mol. The molecular formula is C23H33NO3. The van der Waals surface area contributed by atoms with Gasteiger partial charge in [-0.05, 0) is 74.1 Å². The molecule has 3 atom stereocenters. The highest BCUT2D eigenvalue weighted by atomic mass is 16.5. The molecule has 0 aliphatic heterocycles. The number of rotatable bonds is 4. The summed E-state index contributed by atoms with van der Waals surface area (Å²) < 4.78 is 5.36. The Bertz CT molecular complexity index is 739. The first-order valence-electron chi connectivity index (χ1n) is 10.4. The van der Waals surface area contributed by atoms with Gasteiger partial charge >= 0.3 is 5.97 Å². The van der Waals surface area contributed by atoms with Gasteiger partial charge in [0, 0.05) is 20.0 Å². The molecule has 0 aromatic heterocycles. The van der Waals surface area contributed by atoms with Gasteiger partial charge in [-0.15, -0.1) is 0 Å². The van der Waals surface area contributed by atoms with Crippen molar-refractivity contribution in [3.05, 3.63) is 29.3 Å². The Morgan fingerprint density at radius 1 is 1.19 bits per heavy atom. The number of carbonyl (C=O) groups excluding carboxylic acids is 2. The van der Waals surface area contributed by atoms with E-state index in [4.69, 9.17) is 4.74 Å². The van der Waals surface area contributed by atoms with Crippen LogP contribution in [0.1, 0.15) is 71.4 Å². The van der Waals surface area contributed by atoms with Gasteiger partial charge in [-0.1, -0.05) is 26.3 Å². The topological polar surface area (TPSA) is 46.6 Å². The smallest absolute Gasteiger partial charge is 0.308 e. The van der Waals surface area contributed by atoms with E-state index >= 15 is 0 Å². The zero-order valence-electron chi connectivity index (χ0n) is 17.4. The Hall–Kier alpha value is -1.84. The third kappa shape index (κ3) is 3.28. The second-order valence-electron chi connectivity index (χ2n) is 8.67. The van der Waals surface area contributed by atoms with E-state index in [1.165, 1.54) is 18.1 Å². The van der Waals surface area contributed by atoms with E-state index in [2.05, 4.69) is 39.8 Å². The molecule has 2 aliphatic carbocycles. The minimum Gasteiger partial charge on any atom is -0.427 e. The summed E-state index contributed by atoms with van der Waals surface area (Å²) in [4.78, 5) is 26.9. The molecule has 1 fully saturated rings. The Labute approximate surface area is 163 Å². The van der Waals surface area contributed by atoms with Crippen molar-refractivity contribution < 1.29 is 14.3 Å². The lowest BCUT2D eigenvalue weighted by molar-refractivity contribution is -0.150. The molecule has 4 heteroatoms. The van der Waals surface area contributed by atoms with Crippen LogP contribution in [0.25, 0.3) is 0 Å². The molecule has 0 unspecified atom stereocenters. The highest BCUT2D eigenvalue weighted by molar-refractivity contribution is 5.83. The number of nitrogens with zero attached hydrogens (tertiary/aromatic N) is 1. The summed E-state index contributed by atoms with van der Waals surface area (Å²) in [7, 11) is 0. The largest absolute Gasteiger partial charge is 0.427 e. The summed E-state index contributed by atoms with van der Waals surface area (Å²) in [5.74, 6) is 0.943. The molecule has 1 aromatic carbocycles. The molecule has 0 saturated heterocycles. The van der Waals surface area contributed by atoms with Crippen LogP contribution in [0.4, 0.5) is 0 Å². The van der Waals surface area contributed by atoms with Crippen LogP contribution in [0, 0.1) is 11.3 Å². The maximum Gasteiger partial charge on any atom is 0.308 e. The lowest BCUT2D eigenvalue weighted by atomic mass is 9.49. The standard InChI is InChI=1S/C23H33NO3/c1-6-24(7-2)21(26)23(5)14-8-13-22(4)19-15-18(27-16(3)25)11-9-17(19)10-12-20(22)23/h9,11,15,20H,6-8,10,12-14H2,1-5H3/t20-,22+,23+/m0/s1. The summed E-state index contributed by atoms with van der Waals surface area (Å²) >= 11 is 0. The van der Waals surface area contributed by atoms with E-state index in [1.807, 2.05) is 11.0 Å². The molecule has 0 spiro atoms. The predicted octanol–water partition coefficient (Wildman–Crippen LogP) is 4.49. The molecule has 0 bridgehead atoms. The van der Waals surface area contributed by atoms with Gasteiger partial charge in [-0.25, -0.2) is 0 Å². The zero-order valence-corrected chi connectivity index (χ0v) is 17.4. The first-order valence-corrected chi connectivity index (χ1v) is 10.4. The fourth-order valence-corrected chi connectivity index (χ4v) is 5.80. The quantitative estimate of drug-likeness (QED) is 0.579. The molecule has 1 amide bonds. The molecule has 0 heterocycles. The van der Waals surface area contributed by atoms with E-state index in [0.29, 0.717) is 17.6 Å². The van der Waals surface area contributed by atoms with Crippen LogP contribution < -0.4 is 4.74 Å². The fraction of sp³-hybridized carbons (Fsp3) is 0.652. The van der Waals surface area contributed by atoms with Crippen molar-refractivity contribution in [3.63, 3.8) is 0 Å². The Morgan fingerprint density at radius 3 is 2.52 bits per heavy atom. The van der Waals surface area contributed by atoms with Crippen LogP contribution in [0.3, 0.4) is 0 Å². The highest BCUT2D eigenvalue weighted by Gasteiger charge is 2.55. The van der Waals surface area contributed by atoms with Gasteiger partial charge in [0.25, 0.3) is 0 Å². The molecule has 0 N–H and O–H groups in total. The summed E-state index contributed by atoms with van der Waals surface area (Å²) in [5.41, 5.74) is 2.23. The van der Waals surface area contributed by atoms with E-state index in [-0.39, 0.29) is 16.8 Å². The molecular weight excluding hydrogens is 338 g/mol. The van der Waals surface area contributed by atoms with Crippen molar-refractivity contribution in [2.45, 2.75) is 72.1 Å². The number of aryl methyl sites for hydroxylation is 1. The minimum atomic E-state index is -0.325.